The van der Waals surface area contributed by atoms with E-state index in [2.05, 4.69) is 21.4 Å². The molecule has 110 valence electrons. The first-order chi connectivity index (χ1) is 10.8. The number of methoxy groups -OCH3 is 1. The highest BCUT2D eigenvalue weighted by atomic mass is 16.5. The lowest BCUT2D eigenvalue weighted by molar-refractivity contribution is 0.0946. The molecule has 0 radical (unpaired) electrons. The molecule has 0 bridgehead atoms. The van der Waals surface area contributed by atoms with Gasteiger partial charge in [-0.3, -0.25) is 4.79 Å². The molecule has 3 heterocycles. The lowest BCUT2D eigenvalue weighted by Gasteiger charge is -2.17. The van der Waals surface area contributed by atoms with Gasteiger partial charge in [0.1, 0.15) is 5.65 Å². The summed E-state index contributed by atoms with van der Waals surface area (Å²) >= 11 is 0. The fourth-order valence-electron chi connectivity index (χ4n) is 2.93. The van der Waals surface area contributed by atoms with Crippen molar-refractivity contribution in [2.45, 2.75) is 6.42 Å². The van der Waals surface area contributed by atoms with Crippen LogP contribution >= 0.6 is 0 Å². The molecule has 1 aliphatic rings. The monoisotopic (exact) mass is 293 g/mol. The average Bonchev–Trinajstić information content (AvgIpc) is 2.97. The molecular formula is C17H15N3O2. The molecule has 0 atom stereocenters. The molecule has 5 nitrogen and oxygen atoms in total. The van der Waals surface area contributed by atoms with Gasteiger partial charge in [-0.15, -0.1) is 0 Å². The summed E-state index contributed by atoms with van der Waals surface area (Å²) in [6.07, 6.45) is 2.81. The van der Waals surface area contributed by atoms with Crippen molar-refractivity contribution in [3.63, 3.8) is 0 Å². The molecule has 4 rings (SSSR count). The number of fused-ring (bicyclic) bond motifs is 2. The number of hydrogen-bond acceptors (Lipinski definition) is 3. The van der Waals surface area contributed by atoms with Gasteiger partial charge in [-0.25, -0.2) is 0 Å². The largest absolute Gasteiger partial charge is 0.481 e. The highest BCUT2D eigenvalue weighted by Crippen LogP contribution is 2.31. The Kier molecular flexibility index (Phi) is 2.85. The number of aromatic amines is 1. The van der Waals surface area contributed by atoms with E-state index in [1.54, 1.807) is 7.11 Å². The summed E-state index contributed by atoms with van der Waals surface area (Å²) < 4.78 is 5.15. The second-order valence-electron chi connectivity index (χ2n) is 5.33. The summed E-state index contributed by atoms with van der Waals surface area (Å²) in [5.41, 5.74) is 4.84. The van der Waals surface area contributed by atoms with E-state index in [0.29, 0.717) is 12.4 Å². The lowest BCUT2D eigenvalue weighted by atomic mass is 9.95. The van der Waals surface area contributed by atoms with E-state index in [1.165, 1.54) is 0 Å². The highest BCUT2D eigenvalue weighted by Gasteiger charge is 2.17. The zero-order valence-electron chi connectivity index (χ0n) is 12.1. The topological polar surface area (TPSA) is 67.0 Å². The lowest BCUT2D eigenvalue weighted by Crippen LogP contribution is -2.31. The predicted molar refractivity (Wildman–Crippen MR) is 84.1 cm³/mol. The molecular weight excluding hydrogens is 278 g/mol. The van der Waals surface area contributed by atoms with Crippen LogP contribution in [0.3, 0.4) is 0 Å². The molecule has 0 aliphatic carbocycles. The number of aromatic nitrogens is 2. The van der Waals surface area contributed by atoms with Crippen molar-refractivity contribution in [3.05, 3.63) is 47.7 Å². The summed E-state index contributed by atoms with van der Waals surface area (Å²) in [6.45, 7) is 0.696. The standard InChI is InChI=1S/C17H15N3O2/c1-22-15-5-4-13-14(9-19-16(13)20-15)10-2-3-12-11(8-10)6-7-18-17(12)21/h2-5,8-9H,6-7H2,1H3,(H,18,21)(H,19,20). The molecule has 1 aromatic carbocycles. The summed E-state index contributed by atoms with van der Waals surface area (Å²) in [6, 6.07) is 9.83. The number of H-pyrrole nitrogens is 1. The van der Waals surface area contributed by atoms with Gasteiger partial charge in [-0.1, -0.05) is 12.1 Å². The molecule has 1 aliphatic heterocycles. The third kappa shape index (κ3) is 1.94. The van der Waals surface area contributed by atoms with Gasteiger partial charge >= 0.3 is 0 Å². The van der Waals surface area contributed by atoms with Crippen LogP contribution in [0.15, 0.2) is 36.5 Å². The van der Waals surface area contributed by atoms with Gasteiger partial charge < -0.3 is 15.0 Å². The van der Waals surface area contributed by atoms with E-state index < -0.39 is 0 Å². The molecule has 5 heteroatoms. The zero-order valence-corrected chi connectivity index (χ0v) is 12.1. The van der Waals surface area contributed by atoms with Crippen LogP contribution in [0.2, 0.25) is 0 Å². The zero-order chi connectivity index (χ0) is 15.1. The molecule has 22 heavy (non-hydrogen) atoms. The molecule has 0 unspecified atom stereocenters. The van der Waals surface area contributed by atoms with E-state index >= 15 is 0 Å². The maximum atomic E-state index is 11.8. The predicted octanol–water partition coefficient (Wildman–Crippen LogP) is 2.52. The number of nitrogens with one attached hydrogen (secondary N) is 2. The first-order valence-corrected chi connectivity index (χ1v) is 7.20. The second kappa shape index (κ2) is 4.87. The van der Waals surface area contributed by atoms with E-state index in [-0.39, 0.29) is 5.91 Å². The van der Waals surface area contributed by atoms with Gasteiger partial charge in [-0.05, 0) is 29.7 Å². The molecule has 0 spiro atoms. The van der Waals surface area contributed by atoms with Gasteiger partial charge in [0, 0.05) is 35.3 Å². The Labute approximate surface area is 127 Å². The second-order valence-corrected chi connectivity index (χ2v) is 5.33. The summed E-state index contributed by atoms with van der Waals surface area (Å²) in [5.74, 6) is 0.598. The van der Waals surface area contributed by atoms with Crippen molar-refractivity contribution >= 4 is 16.9 Å². The van der Waals surface area contributed by atoms with Crippen molar-refractivity contribution < 1.29 is 9.53 Å². The minimum absolute atomic E-state index is 0.0122. The number of carbonyl (C=O) groups is 1. The number of amides is 1. The number of hydrogen-bond donors (Lipinski definition) is 2. The quantitative estimate of drug-likeness (QED) is 0.763. The van der Waals surface area contributed by atoms with Crippen molar-refractivity contribution in [1.82, 2.24) is 15.3 Å². The first kappa shape index (κ1) is 12.9. The molecule has 2 N–H and O–H groups in total. The minimum Gasteiger partial charge on any atom is -0.481 e. The van der Waals surface area contributed by atoms with Crippen molar-refractivity contribution in [3.8, 4) is 17.0 Å². The van der Waals surface area contributed by atoms with Crippen LogP contribution < -0.4 is 10.1 Å². The van der Waals surface area contributed by atoms with Gasteiger partial charge in [0.2, 0.25) is 5.88 Å². The van der Waals surface area contributed by atoms with Crippen LogP contribution in [0.25, 0.3) is 22.2 Å². The van der Waals surface area contributed by atoms with Crippen molar-refractivity contribution in [1.29, 1.82) is 0 Å². The van der Waals surface area contributed by atoms with E-state index in [1.807, 2.05) is 30.5 Å². The Morgan fingerprint density at radius 3 is 2.95 bits per heavy atom. The third-order valence-corrected chi connectivity index (χ3v) is 4.06. The average molecular weight is 293 g/mol. The van der Waals surface area contributed by atoms with Crippen LogP contribution in [-0.2, 0) is 6.42 Å². The van der Waals surface area contributed by atoms with Gasteiger partial charge in [0.25, 0.3) is 5.91 Å². The fraction of sp³-hybridized carbons (Fsp3) is 0.176. The van der Waals surface area contributed by atoms with Crippen LogP contribution in [-0.4, -0.2) is 29.5 Å². The van der Waals surface area contributed by atoms with Crippen LogP contribution in [0, 0.1) is 0 Å². The Bertz CT molecular complexity index is 883. The number of carbonyl (C=O) groups excluding carboxylic acids is 1. The number of pyridine rings is 1. The Balaban J connectivity index is 1.83. The minimum atomic E-state index is 0.0122. The number of benzene rings is 1. The maximum absolute atomic E-state index is 11.8. The normalized spacial score (nSPS) is 13.8. The molecule has 0 saturated carbocycles. The molecule has 3 aromatic rings. The van der Waals surface area contributed by atoms with Gasteiger partial charge in [0.05, 0.1) is 7.11 Å². The van der Waals surface area contributed by atoms with Crippen LogP contribution in [0.5, 0.6) is 5.88 Å². The van der Waals surface area contributed by atoms with E-state index in [9.17, 15) is 4.79 Å². The molecule has 0 fully saturated rings. The third-order valence-electron chi connectivity index (χ3n) is 4.06. The molecule has 0 saturated heterocycles. The van der Waals surface area contributed by atoms with Crippen molar-refractivity contribution in [2.24, 2.45) is 0 Å². The van der Waals surface area contributed by atoms with Gasteiger partial charge in [0.15, 0.2) is 0 Å². The van der Waals surface area contributed by atoms with Gasteiger partial charge in [-0.2, -0.15) is 4.98 Å². The Hall–Kier alpha value is -2.82. The number of ether oxygens (including phenoxy) is 1. The first-order valence-electron chi connectivity index (χ1n) is 7.20. The van der Waals surface area contributed by atoms with E-state index in [4.69, 9.17) is 4.74 Å². The number of nitrogens with zero attached hydrogens (tertiary/aromatic N) is 1. The Morgan fingerprint density at radius 1 is 1.18 bits per heavy atom. The van der Waals surface area contributed by atoms with Crippen LogP contribution in [0.4, 0.5) is 0 Å². The summed E-state index contributed by atoms with van der Waals surface area (Å²) in [4.78, 5) is 19.4. The highest BCUT2D eigenvalue weighted by molar-refractivity contribution is 5.99. The van der Waals surface area contributed by atoms with E-state index in [0.717, 1.165) is 39.7 Å². The maximum Gasteiger partial charge on any atom is 0.251 e. The smallest absolute Gasteiger partial charge is 0.251 e. The fourth-order valence-corrected chi connectivity index (χ4v) is 2.93. The molecule has 2 aromatic heterocycles. The van der Waals surface area contributed by atoms with Crippen LogP contribution in [0.1, 0.15) is 15.9 Å². The Morgan fingerprint density at radius 2 is 2.09 bits per heavy atom. The summed E-state index contributed by atoms with van der Waals surface area (Å²) in [7, 11) is 1.60. The molecule has 1 amide bonds. The summed E-state index contributed by atoms with van der Waals surface area (Å²) in [5, 5.41) is 3.91. The number of rotatable bonds is 2. The van der Waals surface area contributed by atoms with Crippen molar-refractivity contribution in [2.75, 3.05) is 13.7 Å². The SMILES string of the molecule is COc1ccc2c(-c3ccc4c(c3)CCNC4=O)c[nH]c2n1.